The van der Waals surface area contributed by atoms with Gasteiger partial charge in [0.2, 0.25) is 0 Å². The molecule has 1 heteroatoms. The highest BCUT2D eigenvalue weighted by atomic mass is 15.1. The summed E-state index contributed by atoms with van der Waals surface area (Å²) >= 11 is 0. The lowest BCUT2D eigenvalue weighted by atomic mass is 9.80. The van der Waals surface area contributed by atoms with Crippen LogP contribution in [-0.2, 0) is 6.54 Å². The van der Waals surface area contributed by atoms with Gasteiger partial charge in [-0.15, -0.1) is 0 Å². The first-order valence-electron chi connectivity index (χ1n) is 6.60. The van der Waals surface area contributed by atoms with Crippen molar-refractivity contribution in [3.8, 4) is 0 Å². The van der Waals surface area contributed by atoms with Gasteiger partial charge in [-0.05, 0) is 30.7 Å². The molecule has 0 amide bonds. The van der Waals surface area contributed by atoms with Gasteiger partial charge in [-0.1, -0.05) is 54.6 Å². The highest BCUT2D eigenvalue weighted by Gasteiger charge is 2.30. The van der Waals surface area contributed by atoms with Crippen LogP contribution < -0.4 is 0 Å². The van der Waals surface area contributed by atoms with Gasteiger partial charge in [0.25, 0.3) is 0 Å². The van der Waals surface area contributed by atoms with Crippen LogP contribution in [0.3, 0.4) is 0 Å². The van der Waals surface area contributed by atoms with Crippen molar-refractivity contribution >= 4 is 0 Å². The van der Waals surface area contributed by atoms with Gasteiger partial charge < -0.3 is 0 Å². The van der Waals surface area contributed by atoms with E-state index in [-0.39, 0.29) is 0 Å². The Morgan fingerprint density at radius 2 is 1.61 bits per heavy atom. The zero-order chi connectivity index (χ0) is 12.5. The summed E-state index contributed by atoms with van der Waals surface area (Å²) in [7, 11) is 2.22. The molecular formula is C17H19N. The minimum atomic E-state index is 0.487. The van der Waals surface area contributed by atoms with Crippen LogP contribution in [0.15, 0.2) is 54.6 Å². The number of nitrogens with zero attached hydrogens (tertiary/aromatic N) is 1. The van der Waals surface area contributed by atoms with Crippen LogP contribution >= 0.6 is 0 Å². The number of fused-ring (bicyclic) bond motifs is 1. The zero-order valence-electron chi connectivity index (χ0n) is 11.0. The number of hydrogen-bond acceptors (Lipinski definition) is 1. The number of benzene rings is 2. The first-order valence-corrected chi connectivity index (χ1v) is 6.60. The minimum absolute atomic E-state index is 0.487. The minimum Gasteiger partial charge on any atom is -0.298 e. The molecule has 2 atom stereocenters. The molecule has 2 aromatic carbocycles. The predicted molar refractivity (Wildman–Crippen MR) is 75.7 cm³/mol. The Hall–Kier alpha value is -1.60. The highest BCUT2D eigenvalue weighted by molar-refractivity contribution is 5.41. The Balaban J connectivity index is 2.12. The molecule has 0 radical (unpaired) electrons. The molecule has 0 saturated carbocycles. The third kappa shape index (κ3) is 1.85. The maximum atomic E-state index is 2.44. The average Bonchev–Trinajstić information content (AvgIpc) is 2.41. The Labute approximate surface area is 109 Å². The van der Waals surface area contributed by atoms with Gasteiger partial charge >= 0.3 is 0 Å². The van der Waals surface area contributed by atoms with Crippen LogP contribution in [0.5, 0.6) is 0 Å². The molecule has 18 heavy (non-hydrogen) atoms. The van der Waals surface area contributed by atoms with Crippen molar-refractivity contribution in [2.24, 2.45) is 0 Å². The van der Waals surface area contributed by atoms with Crippen molar-refractivity contribution in [3.63, 3.8) is 0 Å². The lowest BCUT2D eigenvalue weighted by molar-refractivity contribution is 0.212. The van der Waals surface area contributed by atoms with E-state index >= 15 is 0 Å². The van der Waals surface area contributed by atoms with Gasteiger partial charge in [0.05, 0.1) is 0 Å². The van der Waals surface area contributed by atoms with Crippen LogP contribution in [-0.4, -0.2) is 18.0 Å². The molecule has 0 fully saturated rings. The molecule has 92 valence electrons. The normalized spacial score (nSPS) is 23.7. The number of likely N-dealkylation sites (N-methyl/N-ethyl adjacent to an activating group) is 1. The number of rotatable bonds is 1. The molecule has 3 rings (SSSR count). The van der Waals surface area contributed by atoms with Crippen LogP contribution in [0.25, 0.3) is 0 Å². The summed E-state index contributed by atoms with van der Waals surface area (Å²) < 4.78 is 0. The van der Waals surface area contributed by atoms with Gasteiger partial charge in [0, 0.05) is 18.5 Å². The molecule has 1 nitrogen and oxygen atoms in total. The second kappa shape index (κ2) is 4.58. The molecule has 0 N–H and O–H groups in total. The fraction of sp³-hybridized carbons (Fsp3) is 0.294. The zero-order valence-corrected chi connectivity index (χ0v) is 11.0. The molecule has 1 aliphatic rings. The monoisotopic (exact) mass is 237 g/mol. The molecule has 0 unspecified atom stereocenters. The lowest BCUT2D eigenvalue weighted by Crippen LogP contribution is -2.39. The van der Waals surface area contributed by atoms with E-state index in [0.29, 0.717) is 12.0 Å². The topological polar surface area (TPSA) is 3.24 Å². The summed E-state index contributed by atoms with van der Waals surface area (Å²) in [5.41, 5.74) is 4.38. The molecule has 0 saturated heterocycles. The van der Waals surface area contributed by atoms with E-state index in [1.807, 2.05) is 0 Å². The van der Waals surface area contributed by atoms with Crippen molar-refractivity contribution in [3.05, 3.63) is 71.3 Å². The van der Waals surface area contributed by atoms with Crippen molar-refractivity contribution < 1.29 is 0 Å². The van der Waals surface area contributed by atoms with Crippen molar-refractivity contribution in [2.75, 3.05) is 7.05 Å². The quantitative estimate of drug-likeness (QED) is 0.731. The molecule has 1 aliphatic heterocycles. The van der Waals surface area contributed by atoms with E-state index < -0.39 is 0 Å². The van der Waals surface area contributed by atoms with Gasteiger partial charge in [-0.2, -0.15) is 0 Å². The largest absolute Gasteiger partial charge is 0.298 e. The van der Waals surface area contributed by atoms with E-state index in [1.54, 1.807) is 0 Å². The SMILES string of the molecule is C[C@H]1[C@@H](c2ccccc2)c2ccccc2CN1C. The third-order valence-corrected chi connectivity index (χ3v) is 4.15. The van der Waals surface area contributed by atoms with Gasteiger partial charge in [-0.25, -0.2) is 0 Å². The smallest absolute Gasteiger partial charge is 0.0246 e. The fourth-order valence-electron chi connectivity index (χ4n) is 3.03. The van der Waals surface area contributed by atoms with Crippen LogP contribution in [0.1, 0.15) is 29.5 Å². The maximum absolute atomic E-state index is 2.44. The Morgan fingerprint density at radius 3 is 2.39 bits per heavy atom. The second-order valence-electron chi connectivity index (χ2n) is 5.24. The molecule has 1 heterocycles. The summed E-state index contributed by atoms with van der Waals surface area (Å²) in [5, 5.41) is 0. The lowest BCUT2D eigenvalue weighted by Gasteiger charge is -2.39. The summed E-state index contributed by atoms with van der Waals surface area (Å²) in [6.07, 6.45) is 0. The fourth-order valence-corrected chi connectivity index (χ4v) is 3.03. The van der Waals surface area contributed by atoms with E-state index in [0.717, 1.165) is 6.54 Å². The molecule has 0 bridgehead atoms. The Morgan fingerprint density at radius 1 is 0.944 bits per heavy atom. The van der Waals surface area contributed by atoms with Crippen LogP contribution in [0, 0.1) is 0 Å². The summed E-state index contributed by atoms with van der Waals surface area (Å²) in [4.78, 5) is 2.44. The third-order valence-electron chi connectivity index (χ3n) is 4.15. The molecule has 2 aromatic rings. The molecular weight excluding hydrogens is 218 g/mol. The summed E-state index contributed by atoms with van der Waals surface area (Å²) in [5.74, 6) is 0.487. The summed E-state index contributed by atoms with van der Waals surface area (Å²) in [6.45, 7) is 3.38. The van der Waals surface area contributed by atoms with E-state index in [9.17, 15) is 0 Å². The average molecular weight is 237 g/mol. The van der Waals surface area contributed by atoms with Gasteiger partial charge in [0.15, 0.2) is 0 Å². The molecule has 0 aliphatic carbocycles. The first kappa shape index (κ1) is 11.5. The predicted octanol–water partition coefficient (Wildman–Crippen LogP) is 3.65. The second-order valence-corrected chi connectivity index (χ2v) is 5.24. The molecule has 0 aromatic heterocycles. The van der Waals surface area contributed by atoms with E-state index in [2.05, 4.69) is 73.5 Å². The van der Waals surface area contributed by atoms with E-state index in [4.69, 9.17) is 0 Å². The Kier molecular flexibility index (Phi) is 2.92. The summed E-state index contributed by atoms with van der Waals surface area (Å²) in [6, 6.07) is 20.3. The maximum Gasteiger partial charge on any atom is 0.0246 e. The van der Waals surface area contributed by atoms with Gasteiger partial charge in [0.1, 0.15) is 0 Å². The number of hydrogen-bond donors (Lipinski definition) is 0. The first-order chi connectivity index (χ1) is 8.77. The Bertz CT molecular complexity index is 532. The van der Waals surface area contributed by atoms with Crippen molar-refractivity contribution in [2.45, 2.75) is 25.4 Å². The highest BCUT2D eigenvalue weighted by Crippen LogP contribution is 2.36. The molecule has 0 spiro atoms. The van der Waals surface area contributed by atoms with Crippen molar-refractivity contribution in [1.29, 1.82) is 0 Å². The van der Waals surface area contributed by atoms with Gasteiger partial charge in [-0.3, -0.25) is 4.90 Å². The van der Waals surface area contributed by atoms with Crippen LogP contribution in [0.2, 0.25) is 0 Å². The standard InChI is InChI=1S/C17H19N/c1-13-17(14-8-4-3-5-9-14)16-11-7-6-10-15(16)12-18(13)2/h3-11,13,17H,12H2,1-2H3/t13-,17-/m0/s1. The van der Waals surface area contributed by atoms with E-state index in [1.165, 1.54) is 16.7 Å². The van der Waals surface area contributed by atoms with Crippen molar-refractivity contribution in [1.82, 2.24) is 4.90 Å². The van der Waals surface area contributed by atoms with Crippen LogP contribution in [0.4, 0.5) is 0 Å².